The molecule has 0 fully saturated rings. The van der Waals surface area contributed by atoms with Crippen LogP contribution in [0.1, 0.15) is 150 Å². The van der Waals surface area contributed by atoms with Crippen molar-refractivity contribution in [2.45, 2.75) is 175 Å². The number of unbranched alkanes of at least 4 members (excludes halogenated alkanes) is 12. The predicted octanol–water partition coefficient (Wildman–Crippen LogP) is 9.84. The van der Waals surface area contributed by atoms with Gasteiger partial charge in [-0.15, -0.1) is 0 Å². The van der Waals surface area contributed by atoms with E-state index < -0.39 is 8.32 Å². The van der Waals surface area contributed by atoms with E-state index in [1.54, 1.807) is 0 Å². The molecule has 0 spiro atoms. The third kappa shape index (κ3) is 27.4. The molecule has 8 heteroatoms. The molecule has 0 heterocycles. The molecule has 0 aliphatic heterocycles. The van der Waals surface area contributed by atoms with E-state index >= 15 is 0 Å². The Morgan fingerprint density at radius 2 is 1.15 bits per heavy atom. The van der Waals surface area contributed by atoms with Gasteiger partial charge in [-0.3, -0.25) is 4.79 Å². The SMILES string of the molecule is CCCCCCCCOC(CCOC(=O)CCCCCN(CCCN(C)C)CCO[Si](C)(C)C(C)(C)C)OCCCCCCCC. The van der Waals surface area contributed by atoms with Crippen molar-refractivity contribution in [3.05, 3.63) is 0 Å². The maximum atomic E-state index is 12.5. The van der Waals surface area contributed by atoms with Gasteiger partial charge in [0.05, 0.1) is 6.61 Å². The Kier molecular flexibility index (Phi) is 29.1. The van der Waals surface area contributed by atoms with E-state index in [2.05, 4.69) is 71.6 Å². The van der Waals surface area contributed by atoms with Crippen LogP contribution in [0.25, 0.3) is 0 Å². The van der Waals surface area contributed by atoms with Gasteiger partial charge in [-0.2, -0.15) is 0 Å². The van der Waals surface area contributed by atoms with Crippen molar-refractivity contribution < 1.29 is 23.4 Å². The molecule has 0 amide bonds. The highest BCUT2D eigenvalue weighted by molar-refractivity contribution is 6.74. The van der Waals surface area contributed by atoms with Crippen LogP contribution < -0.4 is 0 Å². The highest BCUT2D eigenvalue weighted by Crippen LogP contribution is 2.36. The first-order chi connectivity index (χ1) is 21.9. The first-order valence-corrected chi connectivity index (χ1v) is 22.2. The van der Waals surface area contributed by atoms with Crippen molar-refractivity contribution in [1.82, 2.24) is 9.80 Å². The molecule has 0 radical (unpaired) electrons. The number of esters is 1. The molecule has 7 nitrogen and oxygen atoms in total. The Balaban J connectivity index is 4.41. The van der Waals surface area contributed by atoms with E-state index in [9.17, 15) is 4.79 Å². The van der Waals surface area contributed by atoms with Gasteiger partial charge in [0.25, 0.3) is 0 Å². The van der Waals surface area contributed by atoms with Crippen LogP contribution in [-0.4, -0.2) is 97.1 Å². The van der Waals surface area contributed by atoms with E-state index in [0.717, 1.165) is 84.5 Å². The minimum atomic E-state index is -1.73. The molecular weight excluding hydrogens is 593 g/mol. The molecule has 0 saturated carbocycles. The van der Waals surface area contributed by atoms with Gasteiger partial charge in [0.1, 0.15) is 0 Å². The smallest absolute Gasteiger partial charge is 0.305 e. The highest BCUT2D eigenvalue weighted by atomic mass is 28.4. The summed E-state index contributed by atoms with van der Waals surface area (Å²) >= 11 is 0. The van der Waals surface area contributed by atoms with E-state index in [4.69, 9.17) is 18.6 Å². The molecule has 0 aromatic rings. The van der Waals surface area contributed by atoms with Crippen molar-refractivity contribution >= 4 is 14.3 Å². The molecule has 0 unspecified atom stereocenters. The number of carbonyl (C=O) groups is 1. The van der Waals surface area contributed by atoms with Crippen LogP contribution in [0.2, 0.25) is 18.1 Å². The van der Waals surface area contributed by atoms with E-state index in [-0.39, 0.29) is 17.3 Å². The summed E-state index contributed by atoms with van der Waals surface area (Å²) in [4.78, 5) is 17.3. The Hall–Kier alpha value is -0.513. The van der Waals surface area contributed by atoms with Gasteiger partial charge in [0.15, 0.2) is 14.6 Å². The van der Waals surface area contributed by atoms with Crippen LogP contribution in [0, 0.1) is 0 Å². The number of hydrogen-bond acceptors (Lipinski definition) is 7. The quantitative estimate of drug-likeness (QED) is 0.0298. The molecule has 276 valence electrons. The lowest BCUT2D eigenvalue weighted by Crippen LogP contribution is -2.43. The van der Waals surface area contributed by atoms with Crippen molar-refractivity contribution in [2.24, 2.45) is 0 Å². The maximum absolute atomic E-state index is 12.5. The van der Waals surface area contributed by atoms with E-state index in [0.29, 0.717) is 19.4 Å². The number of rotatable bonds is 33. The summed E-state index contributed by atoms with van der Waals surface area (Å²) in [5.74, 6) is -0.101. The van der Waals surface area contributed by atoms with Crippen molar-refractivity contribution in [2.75, 3.05) is 66.7 Å². The molecule has 46 heavy (non-hydrogen) atoms. The molecule has 0 aliphatic carbocycles. The fourth-order valence-corrected chi connectivity index (χ4v) is 6.16. The largest absolute Gasteiger partial charge is 0.465 e. The molecule has 0 saturated heterocycles. The van der Waals surface area contributed by atoms with Gasteiger partial charge in [0.2, 0.25) is 0 Å². The van der Waals surface area contributed by atoms with Gasteiger partial charge < -0.3 is 28.4 Å². The zero-order valence-corrected chi connectivity index (χ0v) is 33.4. The molecule has 0 aromatic heterocycles. The summed E-state index contributed by atoms with van der Waals surface area (Å²) in [6.07, 6.45) is 19.9. The Labute approximate surface area is 288 Å². The van der Waals surface area contributed by atoms with Gasteiger partial charge >= 0.3 is 5.97 Å². The van der Waals surface area contributed by atoms with Gasteiger partial charge in [-0.25, -0.2) is 0 Å². The number of carbonyl (C=O) groups excluding carboxylic acids is 1. The minimum Gasteiger partial charge on any atom is -0.465 e. The zero-order chi connectivity index (χ0) is 34.5. The zero-order valence-electron chi connectivity index (χ0n) is 32.4. The van der Waals surface area contributed by atoms with Crippen LogP contribution in [0.3, 0.4) is 0 Å². The van der Waals surface area contributed by atoms with Crippen molar-refractivity contribution in [1.29, 1.82) is 0 Å². The normalized spacial score (nSPS) is 12.6. The average molecular weight is 673 g/mol. The van der Waals surface area contributed by atoms with E-state index in [1.807, 2.05) is 0 Å². The average Bonchev–Trinajstić information content (AvgIpc) is 2.98. The molecule has 0 atom stereocenters. The second kappa shape index (κ2) is 29.4. The number of hydrogen-bond donors (Lipinski definition) is 0. The number of ether oxygens (including phenoxy) is 3. The Morgan fingerprint density at radius 1 is 0.630 bits per heavy atom. The third-order valence-electron chi connectivity index (χ3n) is 9.33. The lowest BCUT2D eigenvalue weighted by atomic mass is 10.1. The van der Waals surface area contributed by atoms with Crippen molar-refractivity contribution in [3.63, 3.8) is 0 Å². The first-order valence-electron chi connectivity index (χ1n) is 19.3. The molecular formula is C38H80N2O5Si. The maximum Gasteiger partial charge on any atom is 0.305 e. The fraction of sp³-hybridized carbons (Fsp3) is 0.974. The summed E-state index contributed by atoms with van der Waals surface area (Å²) in [6.45, 7) is 22.9. The summed E-state index contributed by atoms with van der Waals surface area (Å²) in [5, 5.41) is 0.236. The predicted molar refractivity (Wildman–Crippen MR) is 199 cm³/mol. The molecule has 0 N–H and O–H groups in total. The standard InChI is InChI=1S/C38H80N2O5Si/c1-10-12-14-16-18-23-32-43-37(44-33-24-19-17-15-13-11-2)27-34-42-36(41)26-21-20-22-29-40(30-25-28-39(6)7)31-35-45-46(8,9)38(3,4)5/h37H,10-35H2,1-9H3. The van der Waals surface area contributed by atoms with Gasteiger partial charge in [0, 0.05) is 39.2 Å². The molecule has 0 rings (SSSR count). The van der Waals surface area contributed by atoms with Crippen LogP contribution >= 0.6 is 0 Å². The summed E-state index contributed by atoms with van der Waals surface area (Å²) in [6, 6.07) is 0. The lowest BCUT2D eigenvalue weighted by molar-refractivity contribution is -0.161. The Bertz CT molecular complexity index is 668. The molecule has 0 bridgehead atoms. The summed E-state index contributed by atoms with van der Waals surface area (Å²) in [7, 11) is 2.54. The van der Waals surface area contributed by atoms with Crippen LogP contribution in [0.4, 0.5) is 0 Å². The summed E-state index contributed by atoms with van der Waals surface area (Å²) < 4.78 is 24.2. The van der Waals surface area contributed by atoms with Crippen LogP contribution in [0.15, 0.2) is 0 Å². The molecule has 0 aromatic carbocycles. The van der Waals surface area contributed by atoms with Crippen molar-refractivity contribution in [3.8, 4) is 0 Å². The monoisotopic (exact) mass is 673 g/mol. The van der Waals surface area contributed by atoms with Gasteiger partial charge in [-0.1, -0.05) is 105 Å². The first kappa shape index (κ1) is 45.5. The molecule has 0 aliphatic rings. The number of nitrogens with zero attached hydrogens (tertiary/aromatic N) is 2. The topological polar surface area (TPSA) is 60.5 Å². The third-order valence-corrected chi connectivity index (χ3v) is 13.9. The highest BCUT2D eigenvalue weighted by Gasteiger charge is 2.37. The minimum absolute atomic E-state index is 0.101. The van der Waals surface area contributed by atoms with Gasteiger partial charge in [-0.05, 0) is 84.0 Å². The van der Waals surface area contributed by atoms with Crippen LogP contribution in [0.5, 0.6) is 0 Å². The second-order valence-electron chi connectivity index (χ2n) is 15.1. The lowest BCUT2D eigenvalue weighted by Gasteiger charge is -2.37. The second-order valence-corrected chi connectivity index (χ2v) is 19.9. The van der Waals surface area contributed by atoms with Crippen LogP contribution in [-0.2, 0) is 23.4 Å². The summed E-state index contributed by atoms with van der Waals surface area (Å²) in [5.41, 5.74) is 0. The Morgan fingerprint density at radius 3 is 1.70 bits per heavy atom. The van der Waals surface area contributed by atoms with E-state index in [1.165, 1.54) is 64.2 Å². The fourth-order valence-electron chi connectivity index (χ4n) is 5.12.